The fourth-order valence-electron chi connectivity index (χ4n) is 3.95. The van der Waals surface area contributed by atoms with Crippen molar-refractivity contribution in [2.24, 2.45) is 5.92 Å². The van der Waals surface area contributed by atoms with Crippen LogP contribution >= 0.6 is 0 Å². The zero-order chi connectivity index (χ0) is 21.8. The van der Waals surface area contributed by atoms with Crippen LogP contribution in [0.25, 0.3) is 10.9 Å². The average Bonchev–Trinajstić information content (AvgIpc) is 3.17. The van der Waals surface area contributed by atoms with Crippen molar-refractivity contribution in [3.05, 3.63) is 65.9 Å². The molecule has 0 radical (unpaired) electrons. The predicted octanol–water partition coefficient (Wildman–Crippen LogP) is 3.79. The van der Waals surface area contributed by atoms with Crippen LogP contribution in [0.1, 0.15) is 24.0 Å². The van der Waals surface area contributed by atoms with E-state index in [1.807, 2.05) is 62.4 Å². The minimum Gasteiger partial charge on any atom is -0.491 e. The van der Waals surface area contributed by atoms with Crippen LogP contribution in [0.5, 0.6) is 5.75 Å². The van der Waals surface area contributed by atoms with E-state index in [2.05, 4.69) is 10.3 Å². The van der Waals surface area contributed by atoms with Crippen LogP contribution in [-0.4, -0.2) is 36.5 Å². The molecule has 1 saturated heterocycles. The number of hydrogen-bond acceptors (Lipinski definition) is 4. The fourth-order valence-corrected chi connectivity index (χ4v) is 3.95. The summed E-state index contributed by atoms with van der Waals surface area (Å²) in [7, 11) is 0. The second-order valence-corrected chi connectivity index (χ2v) is 7.95. The first-order valence-corrected chi connectivity index (χ1v) is 10.7. The Morgan fingerprint density at radius 1 is 1.16 bits per heavy atom. The molecule has 1 aliphatic rings. The molecule has 0 spiro atoms. The van der Waals surface area contributed by atoms with Crippen molar-refractivity contribution in [2.75, 3.05) is 24.6 Å². The number of ether oxygens (including phenoxy) is 1. The van der Waals surface area contributed by atoms with Gasteiger partial charge in [-0.3, -0.25) is 14.6 Å². The van der Waals surface area contributed by atoms with Gasteiger partial charge >= 0.3 is 0 Å². The first-order valence-electron chi connectivity index (χ1n) is 10.7. The molecular weight excluding hydrogens is 390 g/mol. The molecule has 2 aromatic carbocycles. The minimum absolute atomic E-state index is 0.000592. The Balaban J connectivity index is 1.26. The number of anilines is 1. The van der Waals surface area contributed by atoms with E-state index in [-0.39, 0.29) is 24.2 Å². The van der Waals surface area contributed by atoms with Crippen molar-refractivity contribution in [2.45, 2.75) is 26.7 Å². The van der Waals surface area contributed by atoms with Crippen molar-refractivity contribution in [1.29, 1.82) is 0 Å². The van der Waals surface area contributed by atoms with Gasteiger partial charge in [0.1, 0.15) is 11.3 Å². The van der Waals surface area contributed by atoms with Gasteiger partial charge in [0.25, 0.3) is 0 Å². The van der Waals surface area contributed by atoms with Crippen LogP contribution in [0.3, 0.4) is 0 Å². The Morgan fingerprint density at radius 2 is 1.97 bits per heavy atom. The standard InChI is InChI=1S/C25H27N3O3/c1-17-7-3-10-21(18(17)2)28-16-20(15-23(28)29)25(30)27-13-6-14-31-22-11-4-8-19-9-5-12-26-24(19)22/h3-5,7-12,20H,6,13-16H2,1-2H3,(H,27,30). The quantitative estimate of drug-likeness (QED) is 0.594. The van der Waals surface area contributed by atoms with Gasteiger partial charge in [-0.25, -0.2) is 0 Å². The topological polar surface area (TPSA) is 71.5 Å². The molecule has 0 bridgehead atoms. The third kappa shape index (κ3) is 4.53. The van der Waals surface area contributed by atoms with Crippen molar-refractivity contribution in [1.82, 2.24) is 10.3 Å². The Hall–Kier alpha value is -3.41. The third-order valence-electron chi connectivity index (χ3n) is 5.84. The maximum Gasteiger partial charge on any atom is 0.227 e. The molecule has 6 heteroatoms. The second-order valence-electron chi connectivity index (χ2n) is 7.95. The number of benzene rings is 2. The van der Waals surface area contributed by atoms with Crippen LogP contribution in [0.2, 0.25) is 0 Å². The Morgan fingerprint density at radius 3 is 2.84 bits per heavy atom. The lowest BCUT2D eigenvalue weighted by atomic mass is 10.1. The first kappa shape index (κ1) is 20.8. The van der Waals surface area contributed by atoms with Crippen LogP contribution in [0, 0.1) is 19.8 Å². The number of para-hydroxylation sites is 1. The van der Waals surface area contributed by atoms with E-state index in [0.717, 1.165) is 33.5 Å². The summed E-state index contributed by atoms with van der Waals surface area (Å²) >= 11 is 0. The molecule has 1 fully saturated rings. The van der Waals surface area contributed by atoms with Crippen molar-refractivity contribution in [3.8, 4) is 5.75 Å². The van der Waals surface area contributed by atoms with Crippen LogP contribution in [0.4, 0.5) is 5.69 Å². The van der Waals surface area contributed by atoms with Gasteiger partial charge in [-0.15, -0.1) is 0 Å². The molecule has 4 rings (SSSR count). The van der Waals surface area contributed by atoms with Crippen LogP contribution < -0.4 is 15.0 Å². The van der Waals surface area contributed by atoms with Gasteiger partial charge in [-0.2, -0.15) is 0 Å². The van der Waals surface area contributed by atoms with Crippen LogP contribution in [0.15, 0.2) is 54.7 Å². The Bertz CT molecular complexity index is 1110. The zero-order valence-electron chi connectivity index (χ0n) is 17.9. The molecule has 6 nitrogen and oxygen atoms in total. The number of nitrogens with zero attached hydrogens (tertiary/aromatic N) is 2. The largest absolute Gasteiger partial charge is 0.491 e. The minimum atomic E-state index is -0.324. The van der Waals surface area contributed by atoms with Gasteiger partial charge in [-0.1, -0.05) is 30.3 Å². The molecule has 1 aliphatic heterocycles. The average molecular weight is 418 g/mol. The number of amides is 2. The van der Waals surface area contributed by atoms with E-state index in [0.29, 0.717) is 26.1 Å². The molecule has 160 valence electrons. The number of carbonyl (C=O) groups excluding carboxylic acids is 2. The lowest BCUT2D eigenvalue weighted by molar-refractivity contribution is -0.126. The van der Waals surface area contributed by atoms with E-state index < -0.39 is 0 Å². The number of carbonyl (C=O) groups is 2. The lowest BCUT2D eigenvalue weighted by Crippen LogP contribution is -2.34. The summed E-state index contributed by atoms with van der Waals surface area (Å²) < 4.78 is 5.87. The smallest absolute Gasteiger partial charge is 0.227 e. The molecule has 1 atom stereocenters. The van der Waals surface area contributed by atoms with E-state index in [4.69, 9.17) is 4.74 Å². The fraction of sp³-hybridized carbons (Fsp3) is 0.320. The molecular formula is C25H27N3O3. The molecule has 0 aliphatic carbocycles. The first-order chi connectivity index (χ1) is 15.0. The van der Waals surface area contributed by atoms with Gasteiger partial charge in [0.05, 0.1) is 12.5 Å². The van der Waals surface area contributed by atoms with Gasteiger partial charge in [0.15, 0.2) is 0 Å². The van der Waals surface area contributed by atoms with Gasteiger partial charge in [0, 0.05) is 36.8 Å². The van der Waals surface area contributed by atoms with E-state index >= 15 is 0 Å². The molecule has 1 unspecified atom stereocenters. The van der Waals surface area contributed by atoms with E-state index in [9.17, 15) is 9.59 Å². The van der Waals surface area contributed by atoms with Crippen LogP contribution in [-0.2, 0) is 9.59 Å². The summed E-state index contributed by atoms with van der Waals surface area (Å²) in [5, 5.41) is 3.99. The highest BCUT2D eigenvalue weighted by molar-refractivity contribution is 6.00. The number of rotatable bonds is 7. The molecule has 31 heavy (non-hydrogen) atoms. The summed E-state index contributed by atoms with van der Waals surface area (Å²) in [6.45, 7) is 5.45. The highest BCUT2D eigenvalue weighted by Crippen LogP contribution is 2.29. The normalized spacial score (nSPS) is 16.0. The van der Waals surface area contributed by atoms with Gasteiger partial charge in [-0.05, 0) is 49.6 Å². The molecule has 2 heterocycles. The zero-order valence-corrected chi connectivity index (χ0v) is 17.9. The van der Waals surface area contributed by atoms with Gasteiger partial charge in [0.2, 0.25) is 11.8 Å². The number of aromatic nitrogens is 1. The summed E-state index contributed by atoms with van der Waals surface area (Å²) in [5.74, 6) is 0.346. The summed E-state index contributed by atoms with van der Waals surface area (Å²) in [6, 6.07) is 15.7. The maximum absolute atomic E-state index is 12.6. The molecule has 2 amide bonds. The highest BCUT2D eigenvalue weighted by Gasteiger charge is 2.35. The number of aryl methyl sites for hydroxylation is 1. The number of pyridine rings is 1. The second kappa shape index (κ2) is 9.16. The maximum atomic E-state index is 12.6. The van der Waals surface area contributed by atoms with E-state index in [1.54, 1.807) is 11.1 Å². The molecule has 3 aromatic rings. The molecule has 0 saturated carbocycles. The van der Waals surface area contributed by atoms with Crippen molar-refractivity contribution < 1.29 is 14.3 Å². The highest BCUT2D eigenvalue weighted by atomic mass is 16.5. The Labute approximate surface area is 182 Å². The lowest BCUT2D eigenvalue weighted by Gasteiger charge is -2.20. The van der Waals surface area contributed by atoms with Gasteiger partial charge < -0.3 is 15.0 Å². The summed E-state index contributed by atoms with van der Waals surface area (Å²) in [5.41, 5.74) is 3.96. The van der Waals surface area contributed by atoms with E-state index in [1.165, 1.54) is 0 Å². The monoisotopic (exact) mass is 417 g/mol. The van der Waals surface area contributed by atoms with Crippen molar-refractivity contribution in [3.63, 3.8) is 0 Å². The number of nitrogens with one attached hydrogen (secondary N) is 1. The van der Waals surface area contributed by atoms with Crippen molar-refractivity contribution >= 4 is 28.4 Å². The Kier molecular flexibility index (Phi) is 6.16. The summed E-state index contributed by atoms with van der Waals surface area (Å²) in [6.07, 6.45) is 2.67. The molecule has 1 N–H and O–H groups in total. The molecule has 1 aromatic heterocycles. The third-order valence-corrected chi connectivity index (χ3v) is 5.84. The SMILES string of the molecule is Cc1cccc(N2CC(C(=O)NCCCOc3cccc4cccnc34)CC2=O)c1C. The number of hydrogen-bond donors (Lipinski definition) is 1. The summed E-state index contributed by atoms with van der Waals surface area (Å²) in [4.78, 5) is 31.2. The number of fused-ring (bicyclic) bond motifs is 1. The predicted molar refractivity (Wildman–Crippen MR) is 121 cm³/mol.